The summed E-state index contributed by atoms with van der Waals surface area (Å²) < 4.78 is 11.8. The average molecular weight is 371 g/mol. The van der Waals surface area contributed by atoms with Gasteiger partial charge in [0, 0.05) is 5.56 Å². The van der Waals surface area contributed by atoms with Crippen LogP contribution in [-0.4, -0.2) is 25.3 Å². The Balaban J connectivity index is 2.77. The van der Waals surface area contributed by atoms with Crippen molar-refractivity contribution in [2.24, 2.45) is 0 Å². The van der Waals surface area contributed by atoms with Gasteiger partial charge in [-0.05, 0) is 46.3 Å². The van der Waals surface area contributed by atoms with Gasteiger partial charge in [0.25, 0.3) is 0 Å². The molecule has 0 atom stereocenters. The quantitative estimate of drug-likeness (QED) is 0.829. The normalized spacial score (nSPS) is 16.8. The van der Waals surface area contributed by atoms with Gasteiger partial charge in [0.1, 0.15) is 16.0 Å². The van der Waals surface area contributed by atoms with E-state index in [9.17, 15) is 9.90 Å². The molecular formula is C17H23BrO4. The summed E-state index contributed by atoms with van der Waals surface area (Å²) >= 11 is 3.55. The van der Waals surface area contributed by atoms with Crippen LogP contribution in [0.25, 0.3) is 0 Å². The van der Waals surface area contributed by atoms with Crippen LogP contribution >= 0.6 is 15.9 Å². The Kier molecular flexibility index (Phi) is 5.05. The van der Waals surface area contributed by atoms with Gasteiger partial charge in [-0.25, -0.2) is 0 Å². The molecule has 22 heavy (non-hydrogen) atoms. The van der Waals surface area contributed by atoms with Crippen LogP contribution in [0.3, 0.4) is 0 Å². The van der Waals surface area contributed by atoms with Crippen molar-refractivity contribution in [2.45, 2.75) is 50.9 Å². The summed E-state index contributed by atoms with van der Waals surface area (Å²) in [7, 11) is 3.19. The van der Waals surface area contributed by atoms with Crippen LogP contribution in [0.2, 0.25) is 0 Å². The molecule has 1 aromatic rings. The second-order valence-corrected chi connectivity index (χ2v) is 6.94. The number of halogens is 1. The number of methoxy groups -OCH3 is 2. The number of benzene rings is 1. The Hall–Kier alpha value is -1.23. The van der Waals surface area contributed by atoms with Gasteiger partial charge in [0.15, 0.2) is 0 Å². The first-order chi connectivity index (χ1) is 10.4. The van der Waals surface area contributed by atoms with Crippen LogP contribution in [0.5, 0.6) is 11.5 Å². The molecule has 0 amide bonds. The predicted molar refractivity (Wildman–Crippen MR) is 89.1 cm³/mol. The fourth-order valence-electron chi connectivity index (χ4n) is 3.40. The lowest BCUT2D eigenvalue weighted by molar-refractivity contribution is -0.143. The lowest BCUT2D eigenvalue weighted by Gasteiger charge is -2.29. The zero-order chi connectivity index (χ0) is 16.5. The van der Waals surface area contributed by atoms with E-state index in [1.165, 1.54) is 0 Å². The maximum atomic E-state index is 12.0. The third kappa shape index (κ3) is 2.60. The second-order valence-electron chi connectivity index (χ2n) is 6.14. The number of rotatable bonds is 5. The van der Waals surface area contributed by atoms with Crippen molar-refractivity contribution in [3.63, 3.8) is 0 Å². The molecule has 5 heteroatoms. The topological polar surface area (TPSA) is 55.8 Å². The zero-order valence-corrected chi connectivity index (χ0v) is 15.1. The Morgan fingerprint density at radius 1 is 1.23 bits per heavy atom. The molecule has 0 spiro atoms. The highest BCUT2D eigenvalue weighted by Gasteiger charge is 2.46. The molecule has 4 nitrogen and oxygen atoms in total. The molecule has 0 aromatic heterocycles. The van der Waals surface area contributed by atoms with Crippen molar-refractivity contribution in [1.82, 2.24) is 0 Å². The standard InChI is InChI=1S/C17H23BrO4/c1-10(2)11-9-12(15(22-4)13(18)14(11)21-3)17(16(19)20)7-5-6-8-17/h9-10H,5-8H2,1-4H3,(H,19,20). The molecule has 2 rings (SSSR count). The molecule has 0 aliphatic heterocycles. The molecule has 1 aromatic carbocycles. The van der Waals surface area contributed by atoms with Gasteiger partial charge >= 0.3 is 5.97 Å². The van der Waals surface area contributed by atoms with Crippen molar-refractivity contribution in [2.75, 3.05) is 14.2 Å². The summed E-state index contributed by atoms with van der Waals surface area (Å²) in [4.78, 5) is 12.0. The van der Waals surface area contributed by atoms with Crippen molar-refractivity contribution in [3.05, 3.63) is 21.7 Å². The van der Waals surface area contributed by atoms with E-state index < -0.39 is 11.4 Å². The second kappa shape index (κ2) is 6.49. The van der Waals surface area contributed by atoms with Crippen molar-refractivity contribution in [1.29, 1.82) is 0 Å². The largest absolute Gasteiger partial charge is 0.495 e. The van der Waals surface area contributed by atoms with Gasteiger partial charge in [-0.3, -0.25) is 4.79 Å². The van der Waals surface area contributed by atoms with E-state index in [1.807, 2.05) is 6.07 Å². The summed E-state index contributed by atoms with van der Waals surface area (Å²) in [5, 5.41) is 9.88. The van der Waals surface area contributed by atoms with Crippen molar-refractivity contribution in [3.8, 4) is 11.5 Å². The predicted octanol–water partition coefficient (Wildman–Crippen LogP) is 4.49. The Morgan fingerprint density at radius 2 is 1.77 bits per heavy atom. The van der Waals surface area contributed by atoms with E-state index >= 15 is 0 Å². The fourth-order valence-corrected chi connectivity index (χ4v) is 4.17. The third-order valence-electron chi connectivity index (χ3n) is 4.62. The van der Waals surface area contributed by atoms with E-state index in [0.29, 0.717) is 28.8 Å². The SMILES string of the molecule is COc1c(C(C)C)cc(C2(C(=O)O)CCCC2)c(OC)c1Br. The van der Waals surface area contributed by atoms with E-state index in [2.05, 4.69) is 29.8 Å². The fraction of sp³-hybridized carbons (Fsp3) is 0.588. The van der Waals surface area contributed by atoms with Crippen LogP contribution < -0.4 is 9.47 Å². The van der Waals surface area contributed by atoms with E-state index in [0.717, 1.165) is 24.0 Å². The first-order valence-corrected chi connectivity index (χ1v) is 8.36. The third-order valence-corrected chi connectivity index (χ3v) is 5.34. The molecule has 0 bridgehead atoms. The van der Waals surface area contributed by atoms with E-state index in [1.54, 1.807) is 14.2 Å². The molecule has 0 unspecified atom stereocenters. The average Bonchev–Trinajstić information content (AvgIpc) is 2.96. The summed E-state index contributed by atoms with van der Waals surface area (Å²) in [6.45, 7) is 4.14. The monoisotopic (exact) mass is 370 g/mol. The number of ether oxygens (including phenoxy) is 2. The lowest BCUT2D eigenvalue weighted by atomic mass is 9.77. The first kappa shape index (κ1) is 17.1. The molecular weight excluding hydrogens is 348 g/mol. The highest BCUT2D eigenvalue weighted by atomic mass is 79.9. The maximum Gasteiger partial charge on any atom is 0.314 e. The molecule has 0 saturated heterocycles. The number of carboxylic acids is 1. The minimum atomic E-state index is -0.857. The molecule has 1 N–H and O–H groups in total. The minimum Gasteiger partial charge on any atom is -0.495 e. The molecule has 1 saturated carbocycles. The lowest BCUT2D eigenvalue weighted by Crippen LogP contribution is -2.33. The molecule has 1 aliphatic rings. The minimum absolute atomic E-state index is 0.225. The molecule has 1 fully saturated rings. The number of carbonyl (C=O) groups is 1. The van der Waals surface area contributed by atoms with Gasteiger partial charge in [0.05, 0.1) is 19.6 Å². The summed E-state index contributed by atoms with van der Waals surface area (Å²) in [6, 6.07) is 1.96. The van der Waals surface area contributed by atoms with E-state index in [-0.39, 0.29) is 5.92 Å². The van der Waals surface area contributed by atoms with Gasteiger partial charge in [-0.1, -0.05) is 26.7 Å². The summed E-state index contributed by atoms with van der Waals surface area (Å²) in [5.41, 5.74) is 0.901. The maximum absolute atomic E-state index is 12.0. The summed E-state index contributed by atoms with van der Waals surface area (Å²) in [5.74, 6) is 0.748. The van der Waals surface area contributed by atoms with Crippen LogP contribution in [0.4, 0.5) is 0 Å². The highest BCUT2D eigenvalue weighted by molar-refractivity contribution is 9.10. The van der Waals surface area contributed by atoms with Gasteiger partial charge in [-0.15, -0.1) is 0 Å². The van der Waals surface area contributed by atoms with Gasteiger partial charge in [0.2, 0.25) is 0 Å². The van der Waals surface area contributed by atoms with Crippen LogP contribution in [0.15, 0.2) is 10.5 Å². The first-order valence-electron chi connectivity index (χ1n) is 7.57. The van der Waals surface area contributed by atoms with Crippen LogP contribution in [0.1, 0.15) is 56.6 Å². The molecule has 122 valence electrons. The highest BCUT2D eigenvalue weighted by Crippen LogP contribution is 2.51. The molecule has 0 radical (unpaired) electrons. The summed E-state index contributed by atoms with van der Waals surface area (Å²) in [6.07, 6.45) is 3.15. The van der Waals surface area contributed by atoms with Gasteiger partial charge < -0.3 is 14.6 Å². The van der Waals surface area contributed by atoms with Crippen molar-refractivity contribution < 1.29 is 19.4 Å². The Labute approximate surface area is 139 Å². The van der Waals surface area contributed by atoms with Crippen LogP contribution in [-0.2, 0) is 10.2 Å². The number of carboxylic acid groups (broad SMARTS) is 1. The number of hydrogen-bond donors (Lipinski definition) is 1. The zero-order valence-electron chi connectivity index (χ0n) is 13.5. The molecule has 0 heterocycles. The smallest absolute Gasteiger partial charge is 0.314 e. The Morgan fingerprint density at radius 3 is 2.18 bits per heavy atom. The molecule has 1 aliphatic carbocycles. The van der Waals surface area contributed by atoms with Crippen molar-refractivity contribution >= 4 is 21.9 Å². The Bertz CT molecular complexity index is 575. The van der Waals surface area contributed by atoms with Crippen LogP contribution in [0, 0.1) is 0 Å². The number of hydrogen-bond acceptors (Lipinski definition) is 3. The van der Waals surface area contributed by atoms with E-state index in [4.69, 9.17) is 9.47 Å². The van der Waals surface area contributed by atoms with Gasteiger partial charge in [-0.2, -0.15) is 0 Å². The number of aliphatic carboxylic acids is 1.